The Hall–Kier alpha value is -2.76. The van der Waals surface area contributed by atoms with E-state index in [0.717, 1.165) is 28.6 Å². The zero-order valence-electron chi connectivity index (χ0n) is 19.2. The lowest BCUT2D eigenvalue weighted by molar-refractivity contribution is 0.385. The first-order valence-corrected chi connectivity index (χ1v) is 11.2. The van der Waals surface area contributed by atoms with Crippen LogP contribution in [0.15, 0.2) is 36.5 Å². The Kier molecular flexibility index (Phi) is 8.96. The average Bonchev–Trinajstić information content (AvgIpc) is 3.15. The van der Waals surface area contributed by atoms with Crippen molar-refractivity contribution >= 4 is 28.7 Å². The molecule has 1 aliphatic carbocycles. The quantitative estimate of drug-likeness (QED) is 0.436. The standard InChI is InChI=1S/C15H18N6.C7H14.C2H6/c1-9(2)12-8-18-21-14(7-13(17)20-15(12)21)19-11-5-3-4-10(16)6-11;1-7-5-3-2-4-6-7;1-2/h3-9,19H,16H2,1-2H3,(H2,17,20);7H,2-6H2,1H3;1-2H3. The maximum atomic E-state index is 5.92. The van der Waals surface area contributed by atoms with Crippen LogP contribution in [-0.4, -0.2) is 14.6 Å². The molecule has 4 rings (SSSR count). The Labute approximate surface area is 181 Å². The molecule has 6 heteroatoms. The summed E-state index contributed by atoms with van der Waals surface area (Å²) in [6.07, 6.45) is 9.27. The van der Waals surface area contributed by atoms with Gasteiger partial charge in [0.05, 0.1) is 6.20 Å². The molecule has 1 aliphatic rings. The van der Waals surface area contributed by atoms with Crippen LogP contribution in [0, 0.1) is 5.92 Å². The molecule has 5 N–H and O–H groups in total. The molecule has 0 amide bonds. The van der Waals surface area contributed by atoms with Crippen LogP contribution in [0.4, 0.5) is 23.0 Å². The highest BCUT2D eigenvalue weighted by molar-refractivity contribution is 5.66. The summed E-state index contributed by atoms with van der Waals surface area (Å²) in [7, 11) is 0. The van der Waals surface area contributed by atoms with E-state index in [9.17, 15) is 0 Å². The van der Waals surface area contributed by atoms with Crippen molar-refractivity contribution in [1.82, 2.24) is 14.6 Å². The van der Waals surface area contributed by atoms with Gasteiger partial charge in [0.2, 0.25) is 0 Å². The molecule has 0 aliphatic heterocycles. The van der Waals surface area contributed by atoms with E-state index in [0.29, 0.717) is 17.4 Å². The molecule has 30 heavy (non-hydrogen) atoms. The Morgan fingerprint density at radius 1 is 1.07 bits per heavy atom. The monoisotopic (exact) mass is 410 g/mol. The zero-order valence-corrected chi connectivity index (χ0v) is 19.2. The summed E-state index contributed by atoms with van der Waals surface area (Å²) in [6.45, 7) is 10.6. The lowest BCUT2D eigenvalue weighted by atomic mass is 9.91. The minimum absolute atomic E-state index is 0.331. The van der Waals surface area contributed by atoms with Crippen molar-refractivity contribution in [3.05, 3.63) is 42.1 Å². The van der Waals surface area contributed by atoms with Gasteiger partial charge in [-0.05, 0) is 30.0 Å². The van der Waals surface area contributed by atoms with Crippen molar-refractivity contribution in [3.63, 3.8) is 0 Å². The van der Waals surface area contributed by atoms with Gasteiger partial charge in [0, 0.05) is 23.0 Å². The fourth-order valence-corrected chi connectivity index (χ4v) is 3.57. The van der Waals surface area contributed by atoms with E-state index in [2.05, 4.69) is 36.2 Å². The number of rotatable bonds is 3. The van der Waals surface area contributed by atoms with Crippen molar-refractivity contribution in [2.75, 3.05) is 16.8 Å². The number of nitrogens with one attached hydrogen (secondary N) is 1. The molecule has 0 atom stereocenters. The first-order chi connectivity index (χ1) is 14.4. The van der Waals surface area contributed by atoms with E-state index in [1.807, 2.05) is 44.3 Å². The van der Waals surface area contributed by atoms with Gasteiger partial charge in [-0.25, -0.2) is 4.98 Å². The highest BCUT2D eigenvalue weighted by Crippen LogP contribution is 2.25. The lowest BCUT2D eigenvalue weighted by Crippen LogP contribution is -2.04. The largest absolute Gasteiger partial charge is 0.399 e. The Morgan fingerprint density at radius 2 is 1.77 bits per heavy atom. The van der Waals surface area contributed by atoms with Gasteiger partial charge in [0.25, 0.3) is 0 Å². The normalized spacial score (nSPS) is 13.9. The van der Waals surface area contributed by atoms with Gasteiger partial charge < -0.3 is 16.8 Å². The predicted molar refractivity (Wildman–Crippen MR) is 129 cm³/mol. The van der Waals surface area contributed by atoms with Crippen molar-refractivity contribution < 1.29 is 0 Å². The van der Waals surface area contributed by atoms with E-state index < -0.39 is 0 Å². The van der Waals surface area contributed by atoms with Crippen molar-refractivity contribution in [3.8, 4) is 0 Å². The van der Waals surface area contributed by atoms with Gasteiger partial charge in [-0.1, -0.05) is 72.8 Å². The van der Waals surface area contributed by atoms with Gasteiger partial charge in [-0.15, -0.1) is 0 Å². The molecule has 2 aromatic heterocycles. The van der Waals surface area contributed by atoms with E-state index in [1.165, 1.54) is 32.1 Å². The van der Waals surface area contributed by atoms with Crippen LogP contribution in [0.2, 0.25) is 0 Å². The van der Waals surface area contributed by atoms with Crippen molar-refractivity contribution in [2.24, 2.45) is 5.92 Å². The molecule has 2 heterocycles. The van der Waals surface area contributed by atoms with Crippen LogP contribution >= 0.6 is 0 Å². The van der Waals surface area contributed by atoms with E-state index >= 15 is 0 Å². The second-order valence-electron chi connectivity index (χ2n) is 8.05. The molecular weight excluding hydrogens is 372 g/mol. The average molecular weight is 411 g/mol. The Bertz CT molecular complexity index is 909. The number of nitrogens with zero attached hydrogens (tertiary/aromatic N) is 3. The molecule has 0 radical (unpaired) electrons. The van der Waals surface area contributed by atoms with E-state index in [4.69, 9.17) is 11.5 Å². The molecule has 1 fully saturated rings. The summed E-state index contributed by atoms with van der Waals surface area (Å²) < 4.78 is 1.76. The minimum atomic E-state index is 0.331. The SMILES string of the molecule is CC.CC(C)c1cnn2c(Nc3cccc(N)c3)cc(N)nc12.CC1CCCCC1. The maximum Gasteiger partial charge on any atom is 0.163 e. The fourth-order valence-electron chi connectivity index (χ4n) is 3.57. The number of anilines is 4. The Morgan fingerprint density at radius 3 is 2.33 bits per heavy atom. The molecule has 6 nitrogen and oxygen atoms in total. The topological polar surface area (TPSA) is 94.3 Å². The van der Waals surface area contributed by atoms with Crippen LogP contribution < -0.4 is 16.8 Å². The number of hydrogen-bond acceptors (Lipinski definition) is 5. The van der Waals surface area contributed by atoms with E-state index in [-0.39, 0.29) is 0 Å². The molecule has 1 aromatic carbocycles. The molecule has 0 bridgehead atoms. The highest BCUT2D eigenvalue weighted by atomic mass is 15.3. The van der Waals surface area contributed by atoms with Gasteiger partial charge in [-0.2, -0.15) is 9.61 Å². The molecule has 1 saturated carbocycles. The van der Waals surface area contributed by atoms with Gasteiger partial charge in [0.1, 0.15) is 11.6 Å². The summed E-state index contributed by atoms with van der Waals surface area (Å²) >= 11 is 0. The highest BCUT2D eigenvalue weighted by Gasteiger charge is 2.13. The third kappa shape index (κ3) is 6.37. The first kappa shape index (κ1) is 23.5. The van der Waals surface area contributed by atoms with Crippen LogP contribution in [0.5, 0.6) is 0 Å². The molecule has 0 spiro atoms. The van der Waals surface area contributed by atoms with Crippen LogP contribution in [-0.2, 0) is 0 Å². The van der Waals surface area contributed by atoms with Crippen LogP contribution in [0.25, 0.3) is 5.65 Å². The number of benzene rings is 1. The Balaban J connectivity index is 0.000000299. The number of aromatic nitrogens is 3. The van der Waals surface area contributed by atoms with Gasteiger partial charge in [-0.3, -0.25) is 0 Å². The zero-order chi connectivity index (χ0) is 22.1. The van der Waals surface area contributed by atoms with Gasteiger partial charge in [0.15, 0.2) is 5.65 Å². The maximum absolute atomic E-state index is 5.92. The van der Waals surface area contributed by atoms with Gasteiger partial charge >= 0.3 is 0 Å². The lowest BCUT2D eigenvalue weighted by Gasteiger charge is -2.15. The number of nitrogen functional groups attached to an aromatic ring is 2. The number of nitrogens with two attached hydrogens (primary N) is 2. The summed E-state index contributed by atoms with van der Waals surface area (Å²) in [5.74, 6) is 2.58. The molecule has 164 valence electrons. The first-order valence-electron chi connectivity index (χ1n) is 11.2. The fraction of sp³-hybridized carbons (Fsp3) is 0.500. The van der Waals surface area contributed by atoms with Crippen molar-refractivity contribution in [2.45, 2.75) is 72.6 Å². The molecule has 3 aromatic rings. The third-order valence-corrected chi connectivity index (χ3v) is 5.19. The predicted octanol–water partition coefficient (Wildman–Crippen LogP) is 6.37. The summed E-state index contributed by atoms with van der Waals surface area (Å²) in [5, 5.41) is 7.69. The van der Waals surface area contributed by atoms with Crippen LogP contribution in [0.3, 0.4) is 0 Å². The smallest absolute Gasteiger partial charge is 0.163 e. The minimum Gasteiger partial charge on any atom is -0.399 e. The second-order valence-corrected chi connectivity index (χ2v) is 8.05. The number of hydrogen-bond donors (Lipinski definition) is 3. The van der Waals surface area contributed by atoms with E-state index in [1.54, 1.807) is 10.6 Å². The third-order valence-electron chi connectivity index (χ3n) is 5.19. The summed E-state index contributed by atoms with van der Waals surface area (Å²) in [4.78, 5) is 4.39. The summed E-state index contributed by atoms with van der Waals surface area (Å²) in [6, 6.07) is 9.28. The molecule has 0 unspecified atom stereocenters. The molecular formula is C24H38N6. The second kappa shape index (κ2) is 11.4. The molecule has 0 saturated heterocycles. The van der Waals surface area contributed by atoms with Crippen molar-refractivity contribution in [1.29, 1.82) is 0 Å². The number of fused-ring (bicyclic) bond motifs is 1. The summed E-state index contributed by atoms with van der Waals surface area (Å²) in [5.41, 5.74) is 15.1. The van der Waals surface area contributed by atoms with Crippen LogP contribution in [0.1, 0.15) is 78.2 Å².